The largest absolute Gasteiger partial charge is 0.274 e. The van der Waals surface area contributed by atoms with Crippen LogP contribution in [0, 0.1) is 25.7 Å². The van der Waals surface area contributed by atoms with Crippen LogP contribution in [0.1, 0.15) is 30.4 Å². The van der Waals surface area contributed by atoms with Gasteiger partial charge >= 0.3 is 0 Å². The lowest BCUT2D eigenvalue weighted by atomic mass is 10.00. The highest BCUT2D eigenvalue weighted by molar-refractivity contribution is 9.10. The predicted molar refractivity (Wildman–Crippen MR) is 76.9 cm³/mol. The summed E-state index contributed by atoms with van der Waals surface area (Å²) in [7, 11) is 0. The summed E-state index contributed by atoms with van der Waals surface area (Å²) in [6, 6.07) is 3.82. The van der Waals surface area contributed by atoms with Crippen LogP contribution in [0.3, 0.4) is 0 Å². The number of imide groups is 1. The molecule has 4 heteroatoms. The van der Waals surface area contributed by atoms with Gasteiger partial charge in [-0.1, -0.05) is 22.4 Å². The molecule has 2 fully saturated rings. The van der Waals surface area contributed by atoms with Gasteiger partial charge in [0, 0.05) is 4.47 Å². The van der Waals surface area contributed by atoms with E-state index in [1.807, 2.05) is 26.0 Å². The second kappa shape index (κ2) is 4.44. The Bertz CT molecular complexity index is 537. The molecule has 0 N–H and O–H groups in total. The molecule has 1 aromatic rings. The minimum atomic E-state index is -0.0724. The number of amides is 2. The molecule has 1 aliphatic heterocycles. The Kier molecular flexibility index (Phi) is 3.01. The van der Waals surface area contributed by atoms with E-state index in [1.165, 1.54) is 4.90 Å². The Morgan fingerprint density at radius 1 is 1.05 bits per heavy atom. The van der Waals surface area contributed by atoms with Crippen LogP contribution in [-0.4, -0.2) is 11.8 Å². The number of carbonyl (C=O) groups is 2. The van der Waals surface area contributed by atoms with Crippen molar-refractivity contribution in [3.8, 4) is 0 Å². The molecule has 1 saturated heterocycles. The van der Waals surface area contributed by atoms with Crippen molar-refractivity contribution in [3.05, 3.63) is 27.7 Å². The van der Waals surface area contributed by atoms with E-state index in [4.69, 9.17) is 0 Å². The number of fused-ring (bicyclic) bond motifs is 1. The Hall–Kier alpha value is -1.16. The van der Waals surface area contributed by atoms with Gasteiger partial charge in [0.1, 0.15) is 0 Å². The Morgan fingerprint density at radius 2 is 1.53 bits per heavy atom. The van der Waals surface area contributed by atoms with Crippen LogP contribution in [0.5, 0.6) is 0 Å². The van der Waals surface area contributed by atoms with Gasteiger partial charge in [0.2, 0.25) is 11.8 Å². The summed E-state index contributed by atoms with van der Waals surface area (Å²) in [5.41, 5.74) is 2.82. The fourth-order valence-electron chi connectivity index (χ4n) is 3.30. The highest BCUT2D eigenvalue weighted by Crippen LogP contribution is 2.42. The lowest BCUT2D eigenvalue weighted by Gasteiger charge is -2.18. The van der Waals surface area contributed by atoms with Crippen LogP contribution < -0.4 is 4.90 Å². The zero-order valence-electron chi connectivity index (χ0n) is 11.1. The third kappa shape index (κ3) is 1.84. The molecule has 3 nitrogen and oxygen atoms in total. The molecule has 0 bridgehead atoms. The van der Waals surface area contributed by atoms with Crippen molar-refractivity contribution in [2.75, 3.05) is 4.90 Å². The van der Waals surface area contributed by atoms with Crippen LogP contribution in [0.25, 0.3) is 0 Å². The minimum absolute atomic E-state index is 0.00591. The topological polar surface area (TPSA) is 37.4 Å². The number of hydrogen-bond acceptors (Lipinski definition) is 2. The lowest BCUT2D eigenvalue weighted by Crippen LogP contribution is -2.31. The summed E-state index contributed by atoms with van der Waals surface area (Å²) in [6.45, 7) is 3.96. The van der Waals surface area contributed by atoms with E-state index in [9.17, 15) is 9.59 Å². The van der Waals surface area contributed by atoms with Crippen LogP contribution in [-0.2, 0) is 9.59 Å². The van der Waals surface area contributed by atoms with E-state index in [1.54, 1.807) is 0 Å². The van der Waals surface area contributed by atoms with Gasteiger partial charge in [-0.15, -0.1) is 0 Å². The number of anilines is 1. The molecule has 1 aliphatic carbocycles. The van der Waals surface area contributed by atoms with Crippen molar-refractivity contribution in [1.29, 1.82) is 0 Å². The molecular weight excluding hydrogens is 306 g/mol. The number of rotatable bonds is 1. The van der Waals surface area contributed by atoms with Crippen LogP contribution in [0.4, 0.5) is 5.69 Å². The number of carbonyl (C=O) groups excluding carboxylic acids is 2. The third-order valence-electron chi connectivity index (χ3n) is 4.27. The molecule has 3 rings (SSSR count). The molecule has 0 spiro atoms. The van der Waals surface area contributed by atoms with Crippen molar-refractivity contribution >= 4 is 33.4 Å². The molecule has 0 aromatic heterocycles. The quantitative estimate of drug-likeness (QED) is 0.744. The van der Waals surface area contributed by atoms with Gasteiger partial charge in [-0.3, -0.25) is 14.5 Å². The van der Waals surface area contributed by atoms with Gasteiger partial charge in [0.15, 0.2) is 0 Å². The zero-order valence-corrected chi connectivity index (χ0v) is 12.7. The number of hydrogen-bond donors (Lipinski definition) is 0. The van der Waals surface area contributed by atoms with E-state index < -0.39 is 0 Å². The van der Waals surface area contributed by atoms with E-state index in [-0.39, 0.29) is 23.7 Å². The Labute approximate surface area is 121 Å². The molecule has 2 aliphatic rings. The normalized spacial score (nSPS) is 26.2. The van der Waals surface area contributed by atoms with E-state index >= 15 is 0 Å². The van der Waals surface area contributed by atoms with Crippen molar-refractivity contribution < 1.29 is 9.59 Å². The number of halogens is 1. The van der Waals surface area contributed by atoms with Gasteiger partial charge in [0.05, 0.1) is 17.5 Å². The zero-order chi connectivity index (χ0) is 13.7. The maximum Gasteiger partial charge on any atom is 0.237 e. The first-order chi connectivity index (χ1) is 9.00. The summed E-state index contributed by atoms with van der Waals surface area (Å²) in [4.78, 5) is 26.2. The van der Waals surface area contributed by atoms with Crippen LogP contribution >= 0.6 is 15.9 Å². The smallest absolute Gasteiger partial charge is 0.237 e. The fraction of sp³-hybridized carbons (Fsp3) is 0.467. The molecular formula is C15H16BrNO2. The first-order valence-electron chi connectivity index (χ1n) is 6.65. The summed E-state index contributed by atoms with van der Waals surface area (Å²) in [5.74, 6) is -0.157. The predicted octanol–water partition coefficient (Wildman–Crippen LogP) is 3.36. The summed E-state index contributed by atoms with van der Waals surface area (Å²) >= 11 is 3.51. The number of benzene rings is 1. The van der Waals surface area contributed by atoms with Gasteiger partial charge in [0.25, 0.3) is 0 Å². The molecule has 1 aromatic carbocycles. The van der Waals surface area contributed by atoms with Gasteiger partial charge in [-0.25, -0.2) is 0 Å². The fourth-order valence-corrected chi connectivity index (χ4v) is 3.53. The molecule has 19 heavy (non-hydrogen) atoms. The number of aryl methyl sites for hydroxylation is 2. The minimum Gasteiger partial charge on any atom is -0.274 e. The van der Waals surface area contributed by atoms with Gasteiger partial charge < -0.3 is 0 Å². The SMILES string of the molecule is Cc1cc(N2C(=O)C3CCCC3C2=O)cc(C)c1Br. The molecule has 2 unspecified atom stereocenters. The molecule has 2 amide bonds. The molecule has 0 radical (unpaired) electrons. The van der Waals surface area contributed by atoms with Crippen molar-refractivity contribution in [2.24, 2.45) is 11.8 Å². The average Bonchev–Trinajstić information content (AvgIpc) is 2.91. The number of nitrogens with zero attached hydrogens (tertiary/aromatic N) is 1. The third-order valence-corrected chi connectivity index (χ3v) is 5.52. The van der Waals surface area contributed by atoms with Crippen LogP contribution in [0.15, 0.2) is 16.6 Å². The standard InChI is InChI=1S/C15H16BrNO2/c1-8-6-10(7-9(2)13(8)16)17-14(18)11-4-3-5-12(11)15(17)19/h6-7,11-12H,3-5H2,1-2H3. The molecule has 2 atom stereocenters. The summed E-state index contributed by atoms with van der Waals surface area (Å²) in [5, 5.41) is 0. The van der Waals surface area contributed by atoms with E-state index in [0.29, 0.717) is 0 Å². The Balaban J connectivity index is 2.03. The highest BCUT2D eigenvalue weighted by Gasteiger charge is 2.50. The van der Waals surface area contributed by atoms with E-state index in [0.717, 1.165) is 40.5 Å². The second-order valence-electron chi connectivity index (χ2n) is 5.55. The molecule has 1 heterocycles. The van der Waals surface area contributed by atoms with E-state index in [2.05, 4.69) is 15.9 Å². The maximum absolute atomic E-state index is 12.4. The monoisotopic (exact) mass is 321 g/mol. The van der Waals surface area contributed by atoms with Gasteiger partial charge in [-0.2, -0.15) is 0 Å². The first kappa shape index (κ1) is 12.9. The lowest BCUT2D eigenvalue weighted by molar-refractivity contribution is -0.122. The highest BCUT2D eigenvalue weighted by atomic mass is 79.9. The van der Waals surface area contributed by atoms with Crippen molar-refractivity contribution in [3.63, 3.8) is 0 Å². The second-order valence-corrected chi connectivity index (χ2v) is 6.34. The molecule has 1 saturated carbocycles. The first-order valence-corrected chi connectivity index (χ1v) is 7.44. The Morgan fingerprint density at radius 3 is 2.00 bits per heavy atom. The van der Waals surface area contributed by atoms with Crippen molar-refractivity contribution in [2.45, 2.75) is 33.1 Å². The average molecular weight is 322 g/mol. The summed E-state index contributed by atoms with van der Waals surface area (Å²) < 4.78 is 1.04. The van der Waals surface area contributed by atoms with Crippen molar-refractivity contribution in [1.82, 2.24) is 0 Å². The maximum atomic E-state index is 12.4. The van der Waals surface area contributed by atoms with Gasteiger partial charge in [-0.05, 0) is 49.9 Å². The summed E-state index contributed by atoms with van der Waals surface area (Å²) in [6.07, 6.45) is 2.72. The molecule has 100 valence electrons. The van der Waals surface area contributed by atoms with Crippen LogP contribution in [0.2, 0.25) is 0 Å².